The summed E-state index contributed by atoms with van der Waals surface area (Å²) in [4.78, 5) is 2.48. The third kappa shape index (κ3) is 2.44. The summed E-state index contributed by atoms with van der Waals surface area (Å²) in [7, 11) is 0. The minimum Gasteiger partial charge on any atom is -0.454 e. The lowest BCUT2D eigenvalue weighted by Gasteiger charge is -2.32. The minimum atomic E-state index is 0.345. The van der Waals surface area contributed by atoms with Crippen LogP contribution < -0.4 is 9.47 Å². The zero-order valence-corrected chi connectivity index (χ0v) is 10.7. The maximum atomic E-state index is 5.41. The molecule has 4 nitrogen and oxygen atoms in total. The van der Waals surface area contributed by atoms with Crippen LogP contribution in [0.15, 0.2) is 18.2 Å². The van der Waals surface area contributed by atoms with Crippen molar-refractivity contribution in [2.75, 3.05) is 33.1 Å². The van der Waals surface area contributed by atoms with Crippen molar-refractivity contribution in [2.45, 2.75) is 19.4 Å². The molecule has 2 heterocycles. The van der Waals surface area contributed by atoms with Crippen molar-refractivity contribution in [1.29, 1.82) is 0 Å². The van der Waals surface area contributed by atoms with Gasteiger partial charge in [0.05, 0.1) is 13.2 Å². The quantitative estimate of drug-likeness (QED) is 0.815. The van der Waals surface area contributed by atoms with Gasteiger partial charge < -0.3 is 14.2 Å². The molecule has 0 spiro atoms. The number of rotatable bonds is 3. The molecule has 1 aromatic carbocycles. The second-order valence-corrected chi connectivity index (χ2v) is 4.89. The molecule has 1 saturated heterocycles. The largest absolute Gasteiger partial charge is 0.454 e. The van der Waals surface area contributed by atoms with Crippen LogP contribution in [0.2, 0.25) is 0 Å². The van der Waals surface area contributed by atoms with E-state index >= 15 is 0 Å². The van der Waals surface area contributed by atoms with Crippen LogP contribution in [0.3, 0.4) is 0 Å². The van der Waals surface area contributed by atoms with Gasteiger partial charge in [0, 0.05) is 19.1 Å². The van der Waals surface area contributed by atoms with Gasteiger partial charge in [0.25, 0.3) is 0 Å². The summed E-state index contributed by atoms with van der Waals surface area (Å²) in [5, 5.41) is 0. The van der Waals surface area contributed by atoms with Gasteiger partial charge in [0.2, 0.25) is 6.79 Å². The summed E-state index contributed by atoms with van der Waals surface area (Å²) in [6.07, 6.45) is 1.04. The molecule has 1 unspecified atom stereocenters. The fourth-order valence-electron chi connectivity index (χ4n) is 2.56. The highest BCUT2D eigenvalue weighted by molar-refractivity contribution is 5.44. The van der Waals surface area contributed by atoms with Crippen molar-refractivity contribution in [3.05, 3.63) is 23.8 Å². The monoisotopic (exact) mass is 249 g/mol. The molecular weight excluding hydrogens is 230 g/mol. The van der Waals surface area contributed by atoms with Gasteiger partial charge >= 0.3 is 0 Å². The van der Waals surface area contributed by atoms with Crippen LogP contribution in [0.5, 0.6) is 11.5 Å². The average molecular weight is 249 g/mol. The van der Waals surface area contributed by atoms with E-state index in [1.54, 1.807) is 0 Å². The SMILES string of the molecule is CC(Cc1ccc2c(c1)OCO2)N1CCOCC1. The van der Waals surface area contributed by atoms with Crippen molar-refractivity contribution < 1.29 is 14.2 Å². The van der Waals surface area contributed by atoms with E-state index in [9.17, 15) is 0 Å². The van der Waals surface area contributed by atoms with Gasteiger partial charge in [0.1, 0.15) is 0 Å². The number of morpholine rings is 1. The van der Waals surface area contributed by atoms with Crippen molar-refractivity contribution in [3.8, 4) is 11.5 Å². The number of hydrogen-bond donors (Lipinski definition) is 0. The van der Waals surface area contributed by atoms with E-state index in [0.29, 0.717) is 12.8 Å². The minimum absolute atomic E-state index is 0.345. The van der Waals surface area contributed by atoms with Crippen LogP contribution in [-0.4, -0.2) is 44.0 Å². The Morgan fingerprint density at radius 3 is 2.78 bits per heavy atom. The van der Waals surface area contributed by atoms with E-state index in [-0.39, 0.29) is 0 Å². The first-order valence-electron chi connectivity index (χ1n) is 6.53. The molecule has 0 saturated carbocycles. The number of fused-ring (bicyclic) bond motifs is 1. The van der Waals surface area contributed by atoms with Crippen molar-refractivity contribution in [2.24, 2.45) is 0 Å². The molecule has 2 aliphatic heterocycles. The fraction of sp³-hybridized carbons (Fsp3) is 0.571. The zero-order chi connectivity index (χ0) is 12.4. The maximum Gasteiger partial charge on any atom is 0.231 e. The van der Waals surface area contributed by atoms with Gasteiger partial charge in [-0.3, -0.25) is 4.90 Å². The van der Waals surface area contributed by atoms with Crippen molar-refractivity contribution >= 4 is 0 Å². The second-order valence-electron chi connectivity index (χ2n) is 4.89. The lowest BCUT2D eigenvalue weighted by atomic mass is 10.0. The van der Waals surface area contributed by atoms with Crippen LogP contribution in [0.25, 0.3) is 0 Å². The third-order valence-corrected chi connectivity index (χ3v) is 3.64. The van der Waals surface area contributed by atoms with Crippen molar-refractivity contribution in [1.82, 2.24) is 4.90 Å². The maximum absolute atomic E-state index is 5.41. The molecule has 0 radical (unpaired) electrons. The Labute approximate surface area is 107 Å². The Morgan fingerprint density at radius 2 is 1.94 bits per heavy atom. The molecule has 0 aliphatic carbocycles. The molecule has 18 heavy (non-hydrogen) atoms. The Morgan fingerprint density at radius 1 is 1.17 bits per heavy atom. The first-order valence-corrected chi connectivity index (χ1v) is 6.53. The van der Waals surface area contributed by atoms with Gasteiger partial charge in [-0.1, -0.05) is 6.07 Å². The van der Waals surface area contributed by atoms with Crippen molar-refractivity contribution in [3.63, 3.8) is 0 Å². The predicted molar refractivity (Wildman–Crippen MR) is 68.1 cm³/mol. The topological polar surface area (TPSA) is 30.9 Å². The molecule has 0 N–H and O–H groups in total. The van der Waals surface area contributed by atoms with E-state index in [1.807, 2.05) is 6.07 Å². The highest BCUT2D eigenvalue weighted by Gasteiger charge is 2.19. The van der Waals surface area contributed by atoms with Crippen LogP contribution in [0, 0.1) is 0 Å². The summed E-state index contributed by atoms with van der Waals surface area (Å²) >= 11 is 0. The normalized spacial score (nSPS) is 20.9. The molecule has 1 atom stereocenters. The number of hydrogen-bond acceptors (Lipinski definition) is 4. The molecule has 0 bridgehead atoms. The van der Waals surface area contributed by atoms with Gasteiger partial charge in [-0.05, 0) is 31.0 Å². The van der Waals surface area contributed by atoms with Crippen LogP contribution in [0.4, 0.5) is 0 Å². The van der Waals surface area contributed by atoms with E-state index < -0.39 is 0 Å². The molecule has 2 aliphatic rings. The Kier molecular flexibility index (Phi) is 3.39. The van der Waals surface area contributed by atoms with E-state index in [4.69, 9.17) is 14.2 Å². The Hall–Kier alpha value is -1.26. The fourth-order valence-corrected chi connectivity index (χ4v) is 2.56. The first-order chi connectivity index (χ1) is 8.83. The number of ether oxygens (including phenoxy) is 3. The average Bonchev–Trinajstić information content (AvgIpc) is 2.87. The summed E-state index contributed by atoms with van der Waals surface area (Å²) in [5.74, 6) is 1.74. The highest BCUT2D eigenvalue weighted by atomic mass is 16.7. The standard InChI is InChI=1S/C14H19NO3/c1-11(15-4-6-16-7-5-15)8-12-2-3-13-14(9-12)18-10-17-13/h2-3,9,11H,4-8,10H2,1H3. The molecule has 3 rings (SSSR count). The van der Waals surface area contributed by atoms with Gasteiger partial charge in [-0.25, -0.2) is 0 Å². The molecule has 0 amide bonds. The molecule has 98 valence electrons. The van der Waals surface area contributed by atoms with Crippen LogP contribution in [-0.2, 0) is 11.2 Å². The van der Waals surface area contributed by atoms with Gasteiger partial charge in [-0.15, -0.1) is 0 Å². The molecular formula is C14H19NO3. The highest BCUT2D eigenvalue weighted by Crippen LogP contribution is 2.32. The van der Waals surface area contributed by atoms with E-state index in [0.717, 1.165) is 44.2 Å². The van der Waals surface area contributed by atoms with Gasteiger partial charge in [-0.2, -0.15) is 0 Å². The molecule has 4 heteroatoms. The summed E-state index contributed by atoms with van der Waals surface area (Å²) in [6.45, 7) is 6.39. The van der Waals surface area contributed by atoms with Crippen LogP contribution >= 0.6 is 0 Å². The van der Waals surface area contributed by atoms with Gasteiger partial charge in [0.15, 0.2) is 11.5 Å². The lowest BCUT2D eigenvalue weighted by molar-refractivity contribution is 0.0203. The summed E-state index contributed by atoms with van der Waals surface area (Å²) in [5.41, 5.74) is 1.30. The third-order valence-electron chi connectivity index (χ3n) is 3.64. The number of benzene rings is 1. The summed E-state index contributed by atoms with van der Waals surface area (Å²) in [6, 6.07) is 6.77. The first kappa shape index (κ1) is 11.8. The lowest BCUT2D eigenvalue weighted by Crippen LogP contribution is -2.43. The second kappa shape index (κ2) is 5.16. The van der Waals surface area contributed by atoms with Crippen LogP contribution in [0.1, 0.15) is 12.5 Å². The molecule has 1 fully saturated rings. The molecule has 1 aromatic rings. The zero-order valence-electron chi connectivity index (χ0n) is 10.7. The summed E-state index contributed by atoms with van der Waals surface area (Å²) < 4.78 is 16.1. The predicted octanol–water partition coefficient (Wildman–Crippen LogP) is 1.68. The molecule has 0 aromatic heterocycles. The Balaban J connectivity index is 1.64. The van der Waals surface area contributed by atoms with E-state index in [1.165, 1.54) is 5.56 Å². The number of nitrogens with zero attached hydrogens (tertiary/aromatic N) is 1. The Bertz CT molecular complexity index is 416. The van der Waals surface area contributed by atoms with E-state index in [2.05, 4.69) is 24.0 Å². The smallest absolute Gasteiger partial charge is 0.231 e.